The fourth-order valence-corrected chi connectivity index (χ4v) is 24.9. The topological polar surface area (TPSA) is 0 Å². The van der Waals surface area contributed by atoms with Crippen molar-refractivity contribution in [3.63, 3.8) is 0 Å². The van der Waals surface area contributed by atoms with Crippen LogP contribution in [0, 0.1) is 154 Å². The summed E-state index contributed by atoms with van der Waals surface area (Å²) in [6, 6.07) is 2.82. The highest BCUT2D eigenvalue weighted by atomic mass is 19.4. The summed E-state index contributed by atoms with van der Waals surface area (Å²) in [5.41, 5.74) is 0.673. The van der Waals surface area contributed by atoms with E-state index in [0.717, 1.165) is 12.8 Å². The average Bonchev–Trinajstić information content (AvgIpc) is 3.88. The van der Waals surface area contributed by atoms with Gasteiger partial charge in [-0.1, -0.05) is 42.0 Å². The maximum absolute atomic E-state index is 15.1. The normalized spacial score (nSPS) is 52.9. The molecule has 10 fully saturated rings. The van der Waals surface area contributed by atoms with Gasteiger partial charge in [-0.3, -0.25) is 0 Å². The number of benzene rings is 2. The molecule has 26 atom stereocenters. The van der Waals surface area contributed by atoms with Crippen molar-refractivity contribution >= 4 is 0 Å². The number of hydrogen-bond acceptors (Lipinski definition) is 0. The molecule has 0 spiro atoms. The Morgan fingerprint density at radius 1 is 0.362 bits per heavy atom. The first-order valence-electron chi connectivity index (χ1n) is 25.7. The van der Waals surface area contributed by atoms with Gasteiger partial charge in [0.15, 0.2) is 0 Å². The predicted octanol–water partition coefficient (Wildman–Crippen LogP) is 13.6. The molecule has 26 unspecified atom stereocenters. The molecule has 17 aliphatic carbocycles. The molecule has 0 heterocycles. The van der Waals surface area contributed by atoms with Crippen LogP contribution in [0.25, 0.3) is 0 Å². The minimum Gasteiger partial charge on any atom is -0.166 e. The van der Waals surface area contributed by atoms with Crippen molar-refractivity contribution in [1.29, 1.82) is 0 Å². The molecular weight excluding hydrogens is 913 g/mol. The van der Waals surface area contributed by atoms with Gasteiger partial charge in [-0.2, -0.15) is 52.7 Å². The van der Waals surface area contributed by atoms with Gasteiger partial charge in [0.2, 0.25) is 0 Å². The Morgan fingerprint density at radius 2 is 0.870 bits per heavy atom. The van der Waals surface area contributed by atoms with Gasteiger partial charge < -0.3 is 0 Å². The summed E-state index contributed by atoms with van der Waals surface area (Å²) in [7, 11) is 0. The lowest BCUT2D eigenvalue weighted by atomic mass is 9.44. The van der Waals surface area contributed by atoms with E-state index in [-0.39, 0.29) is 89.1 Å². The highest BCUT2D eigenvalue weighted by Gasteiger charge is 2.89. The molecule has 69 heavy (non-hydrogen) atoms. The summed E-state index contributed by atoms with van der Waals surface area (Å²) in [6.07, 6.45) is -4.59. The largest absolute Gasteiger partial charge is 0.416 e. The lowest BCUT2D eigenvalue weighted by molar-refractivity contribution is -0.144. The lowest BCUT2D eigenvalue weighted by Gasteiger charge is -2.59. The van der Waals surface area contributed by atoms with Crippen LogP contribution in [-0.2, 0) is 30.1 Å². The first-order valence-corrected chi connectivity index (χ1v) is 25.7. The molecule has 2 aromatic carbocycles. The van der Waals surface area contributed by atoms with Crippen LogP contribution in [0.5, 0.6) is 0 Å². The van der Waals surface area contributed by atoms with Gasteiger partial charge in [-0.25, -0.2) is 0 Å². The highest BCUT2D eigenvalue weighted by Crippen LogP contribution is 2.93. The fraction of sp³-hybridized carbons (Fsp3) is 0.579. The van der Waals surface area contributed by atoms with E-state index in [1.165, 1.54) is 5.57 Å². The molecule has 10 saturated carbocycles. The molecule has 354 valence electrons. The number of alkyl halides is 12. The monoisotopic (exact) mass is 954 g/mol. The summed E-state index contributed by atoms with van der Waals surface area (Å²) in [5.74, 6) is 3.55. The van der Waals surface area contributed by atoms with Crippen molar-refractivity contribution in [3.05, 3.63) is 140 Å². The molecule has 2 aromatic rings. The molecule has 0 amide bonds. The molecule has 0 aromatic heterocycles. The lowest BCUT2D eigenvalue weighted by Crippen LogP contribution is -2.56. The third-order valence-corrected chi connectivity index (χ3v) is 24.9. The quantitative estimate of drug-likeness (QED) is 0.208. The van der Waals surface area contributed by atoms with Gasteiger partial charge in [0.05, 0.1) is 22.3 Å². The first-order chi connectivity index (χ1) is 32.8. The maximum atomic E-state index is 15.1. The van der Waals surface area contributed by atoms with E-state index in [0.29, 0.717) is 89.4 Å². The smallest absolute Gasteiger partial charge is 0.166 e. The van der Waals surface area contributed by atoms with Crippen molar-refractivity contribution in [3.8, 4) is 0 Å². The molecule has 0 nitrogen and oxygen atoms in total. The number of rotatable bonds is 2. The van der Waals surface area contributed by atoms with E-state index < -0.39 is 75.3 Å². The Balaban J connectivity index is 0.934. The second-order valence-electron chi connectivity index (χ2n) is 25.4. The fourth-order valence-electron chi connectivity index (χ4n) is 24.9. The number of halogens is 12. The van der Waals surface area contributed by atoms with Gasteiger partial charge in [0, 0.05) is 17.3 Å². The van der Waals surface area contributed by atoms with E-state index in [1.54, 1.807) is 27.9 Å². The van der Waals surface area contributed by atoms with Crippen LogP contribution in [0.3, 0.4) is 0 Å². The van der Waals surface area contributed by atoms with Crippen molar-refractivity contribution < 1.29 is 52.7 Å². The maximum Gasteiger partial charge on any atom is 0.416 e. The third kappa shape index (κ3) is 3.70. The Morgan fingerprint density at radius 3 is 1.52 bits per heavy atom. The van der Waals surface area contributed by atoms with Gasteiger partial charge in [-0.15, -0.1) is 0 Å². The van der Waals surface area contributed by atoms with E-state index >= 15 is 52.7 Å². The van der Waals surface area contributed by atoms with E-state index in [9.17, 15) is 0 Å². The second-order valence-corrected chi connectivity index (χ2v) is 25.4. The number of allylic oxidation sites excluding steroid dienone is 12. The summed E-state index contributed by atoms with van der Waals surface area (Å²) in [5, 5.41) is 0. The highest BCUT2D eigenvalue weighted by molar-refractivity contribution is 5.72. The van der Waals surface area contributed by atoms with Crippen LogP contribution in [0.15, 0.2) is 106 Å². The Bertz CT molecular complexity index is 2990. The van der Waals surface area contributed by atoms with Crippen LogP contribution in [-0.4, -0.2) is 0 Å². The number of hydrogen-bond donors (Lipinski definition) is 0. The minimum atomic E-state index is -5.28. The zero-order valence-electron chi connectivity index (χ0n) is 36.4. The van der Waals surface area contributed by atoms with Crippen molar-refractivity contribution in [2.75, 3.05) is 0 Å². The summed E-state index contributed by atoms with van der Waals surface area (Å²) >= 11 is 0. The molecular formula is C57H42F12. The summed E-state index contributed by atoms with van der Waals surface area (Å²) < 4.78 is 181. The molecule has 17 aliphatic rings. The van der Waals surface area contributed by atoms with Crippen molar-refractivity contribution in [2.45, 2.75) is 43.0 Å². The molecule has 0 aliphatic heterocycles. The molecule has 0 N–H and O–H groups in total. The van der Waals surface area contributed by atoms with E-state index in [1.807, 2.05) is 0 Å². The average molecular weight is 955 g/mol. The summed E-state index contributed by atoms with van der Waals surface area (Å²) in [6.45, 7) is 0. The Labute approximate surface area is 388 Å². The standard InChI is InChI=1S/C57H42F12/c58-54(59,60)17-9-15(10-18(13-17)55(61,62)63)53(16-11-19(56(64,65)66)14-20(12-16)57(67,68)69)51-37-27-7-5-25-23-3-1-21-22-2-4-24-26-6-8-28-36-34(26)41-32(24)30(22)39-29(21)31(23)40-33(25)35(27)42-44(37)45(38(28)52(51)53)43(36)50-48(41)46(39)47(40)49(42)50/h1-5,7,9-14,21,23-29,31-38,41-45,48-52H,6,8H2. The Kier molecular flexibility index (Phi) is 6.01. The van der Waals surface area contributed by atoms with Crippen LogP contribution >= 0.6 is 0 Å². The van der Waals surface area contributed by atoms with Crippen LogP contribution in [0.2, 0.25) is 0 Å². The van der Waals surface area contributed by atoms with Gasteiger partial charge in [0.1, 0.15) is 0 Å². The van der Waals surface area contributed by atoms with Gasteiger partial charge >= 0.3 is 24.7 Å². The Hall–Kier alpha value is -3.96. The van der Waals surface area contributed by atoms with Crippen LogP contribution in [0.4, 0.5) is 52.7 Å². The predicted molar refractivity (Wildman–Crippen MR) is 222 cm³/mol. The minimum absolute atomic E-state index is 0.0162. The molecule has 19 rings (SSSR count). The molecule has 0 saturated heterocycles. The SMILES string of the molecule is FC(F)(F)c1cc(C(F)(F)F)cc(C2(c3cc(C(F)(F)F)cc(C(F)(F)F)c3)C3C4C5C=CC6C7C=CC8C9=C%10C%11=C%12C%13=C(C7C%118)C6C5C5C%13C6C%12C7C%10C(C=C9)C8CCC9C(C87)C6C(C54)C9C32)c1. The van der Waals surface area contributed by atoms with Crippen molar-refractivity contribution in [1.82, 2.24) is 0 Å². The van der Waals surface area contributed by atoms with E-state index in [4.69, 9.17) is 0 Å². The van der Waals surface area contributed by atoms with Gasteiger partial charge in [-0.05, 0) is 230 Å². The van der Waals surface area contributed by atoms with Crippen molar-refractivity contribution in [2.24, 2.45) is 154 Å². The first kappa shape index (κ1) is 38.7. The van der Waals surface area contributed by atoms with Gasteiger partial charge in [0.25, 0.3) is 0 Å². The second kappa shape index (κ2) is 10.7. The number of fused-ring (bicyclic) bond motifs is 8. The molecule has 12 heteroatoms. The van der Waals surface area contributed by atoms with E-state index in [2.05, 4.69) is 36.5 Å². The zero-order chi connectivity index (χ0) is 46.3. The van der Waals surface area contributed by atoms with Crippen LogP contribution in [0.1, 0.15) is 46.2 Å². The molecule has 0 radical (unpaired) electrons. The summed E-state index contributed by atoms with van der Waals surface area (Å²) in [4.78, 5) is 0. The zero-order valence-corrected chi connectivity index (χ0v) is 36.4. The molecule has 0 bridgehead atoms. The van der Waals surface area contributed by atoms with Crippen LogP contribution < -0.4 is 0 Å². The third-order valence-electron chi connectivity index (χ3n) is 24.9.